The van der Waals surface area contributed by atoms with Gasteiger partial charge in [-0.3, -0.25) is 0 Å². The van der Waals surface area contributed by atoms with Crippen LogP contribution in [-0.2, 0) is 12.8 Å². The first-order chi connectivity index (χ1) is 18.0. The highest BCUT2D eigenvalue weighted by atomic mass is 16.5. The molecule has 2 aliphatic heterocycles. The number of nitrogens with one attached hydrogen (secondary N) is 1. The highest BCUT2D eigenvalue weighted by Gasteiger charge is 2.35. The van der Waals surface area contributed by atoms with E-state index in [2.05, 4.69) is 52.3 Å². The van der Waals surface area contributed by atoms with Crippen LogP contribution in [0.1, 0.15) is 36.1 Å². The number of urea groups is 1. The maximum Gasteiger partial charge on any atom is 0.320 e. The number of carbonyl (C=O) groups is 1. The minimum absolute atomic E-state index is 0.0448. The maximum atomic E-state index is 13.8. The Morgan fingerprint density at radius 3 is 2.57 bits per heavy atom. The van der Waals surface area contributed by atoms with E-state index in [9.17, 15) is 4.79 Å². The molecule has 0 radical (unpaired) electrons. The Kier molecular flexibility index (Phi) is 7.46. The number of nitrogens with zero attached hydrogens (tertiary/aromatic N) is 3. The standard InChI is InChI=1S/C29H38N4O4/c1-5-37-28-18-24-20(16-27(28)36-4)10-11-33(29(34)32-14-12-31(2)13-15-32)26(24)9-6-21-19-30-25-8-7-22(35-3)17-23(21)25/h7-8,16-19,26,30H,5-6,9-15H2,1-4H3. The number of H-pyrrole nitrogens is 1. The van der Waals surface area contributed by atoms with Gasteiger partial charge in [0.15, 0.2) is 11.5 Å². The molecule has 8 heteroatoms. The number of carbonyl (C=O) groups excluding carboxylic acids is 1. The number of aryl methyl sites for hydroxylation is 1. The lowest BCUT2D eigenvalue weighted by molar-refractivity contribution is 0.102. The SMILES string of the molecule is CCOc1cc2c(cc1OC)CCN(C(=O)N1CCN(C)CC1)C2CCc1c[nH]c2ccc(OC)cc12. The summed E-state index contributed by atoms with van der Waals surface area (Å²) in [4.78, 5) is 23.6. The highest BCUT2D eigenvalue weighted by molar-refractivity contribution is 5.84. The van der Waals surface area contributed by atoms with Crippen LogP contribution in [0.15, 0.2) is 36.5 Å². The number of fused-ring (bicyclic) bond motifs is 2. The predicted octanol–water partition coefficient (Wildman–Crippen LogP) is 4.48. The Labute approximate surface area is 219 Å². The number of likely N-dealkylation sites (N-methyl/N-ethyl adjacent to an activating group) is 1. The first kappa shape index (κ1) is 25.3. The number of aromatic nitrogens is 1. The van der Waals surface area contributed by atoms with Crippen molar-refractivity contribution >= 4 is 16.9 Å². The molecule has 8 nitrogen and oxygen atoms in total. The summed E-state index contributed by atoms with van der Waals surface area (Å²) in [5, 5.41) is 1.16. The summed E-state index contributed by atoms with van der Waals surface area (Å²) < 4.78 is 17.0. The molecule has 1 aromatic heterocycles. The molecule has 3 heterocycles. The van der Waals surface area contributed by atoms with Crippen LogP contribution in [0.2, 0.25) is 0 Å². The van der Waals surface area contributed by atoms with E-state index in [0.717, 1.165) is 79.2 Å². The Balaban J connectivity index is 1.47. The van der Waals surface area contributed by atoms with Crippen LogP contribution in [0.25, 0.3) is 10.9 Å². The van der Waals surface area contributed by atoms with Crippen molar-refractivity contribution in [3.8, 4) is 17.2 Å². The molecule has 1 unspecified atom stereocenters. The molecular formula is C29H38N4O4. The second kappa shape index (κ2) is 10.9. The van der Waals surface area contributed by atoms with E-state index in [-0.39, 0.29) is 12.1 Å². The van der Waals surface area contributed by atoms with Gasteiger partial charge < -0.3 is 33.9 Å². The maximum absolute atomic E-state index is 13.8. The zero-order valence-corrected chi connectivity index (χ0v) is 22.4. The molecule has 1 N–H and O–H groups in total. The largest absolute Gasteiger partial charge is 0.497 e. The molecule has 5 rings (SSSR count). The van der Waals surface area contributed by atoms with Crippen molar-refractivity contribution in [3.63, 3.8) is 0 Å². The molecule has 37 heavy (non-hydrogen) atoms. The van der Waals surface area contributed by atoms with Gasteiger partial charge in [-0.05, 0) is 80.3 Å². The van der Waals surface area contributed by atoms with Gasteiger partial charge in [0.05, 0.1) is 26.9 Å². The normalized spacial score (nSPS) is 18.1. The van der Waals surface area contributed by atoms with E-state index in [0.29, 0.717) is 13.2 Å². The van der Waals surface area contributed by atoms with Crippen LogP contribution in [0.4, 0.5) is 4.79 Å². The summed E-state index contributed by atoms with van der Waals surface area (Å²) in [5.74, 6) is 2.33. The summed E-state index contributed by atoms with van der Waals surface area (Å²) in [6, 6.07) is 10.4. The van der Waals surface area contributed by atoms with Crippen LogP contribution < -0.4 is 14.2 Å². The third-order valence-corrected chi connectivity index (χ3v) is 7.76. The summed E-state index contributed by atoms with van der Waals surface area (Å²) in [6.45, 7) is 6.57. The number of methoxy groups -OCH3 is 2. The molecule has 2 aromatic carbocycles. The molecule has 3 aromatic rings. The number of piperazine rings is 1. The van der Waals surface area contributed by atoms with E-state index in [4.69, 9.17) is 14.2 Å². The summed E-state index contributed by atoms with van der Waals surface area (Å²) in [6.07, 6.45) is 4.53. The topological polar surface area (TPSA) is 70.3 Å². The van der Waals surface area contributed by atoms with Crippen molar-refractivity contribution in [1.82, 2.24) is 19.7 Å². The van der Waals surface area contributed by atoms with Gasteiger partial charge in [0.1, 0.15) is 5.75 Å². The number of rotatable bonds is 7. The first-order valence-electron chi connectivity index (χ1n) is 13.2. The number of ether oxygens (including phenoxy) is 3. The van der Waals surface area contributed by atoms with Gasteiger partial charge in [0.25, 0.3) is 0 Å². The van der Waals surface area contributed by atoms with Crippen LogP contribution in [0.3, 0.4) is 0 Å². The molecular weight excluding hydrogens is 468 g/mol. The summed E-state index contributed by atoms with van der Waals surface area (Å²) in [7, 11) is 5.48. The fourth-order valence-corrected chi connectivity index (χ4v) is 5.64. The summed E-state index contributed by atoms with van der Waals surface area (Å²) in [5.41, 5.74) is 4.71. The van der Waals surface area contributed by atoms with Gasteiger partial charge in [-0.1, -0.05) is 0 Å². The molecule has 0 spiro atoms. The van der Waals surface area contributed by atoms with E-state index in [1.165, 1.54) is 11.1 Å². The van der Waals surface area contributed by atoms with Gasteiger partial charge in [0, 0.05) is 49.8 Å². The minimum atomic E-state index is -0.0448. The molecule has 1 atom stereocenters. The second-order valence-corrected chi connectivity index (χ2v) is 9.93. The van der Waals surface area contributed by atoms with Crippen molar-refractivity contribution in [1.29, 1.82) is 0 Å². The Hall–Kier alpha value is -3.39. The van der Waals surface area contributed by atoms with Crippen molar-refractivity contribution in [2.24, 2.45) is 0 Å². The average molecular weight is 507 g/mol. The average Bonchev–Trinajstić information content (AvgIpc) is 3.33. The Morgan fingerprint density at radius 1 is 1.03 bits per heavy atom. The highest BCUT2D eigenvalue weighted by Crippen LogP contribution is 2.41. The molecule has 2 aliphatic rings. The Morgan fingerprint density at radius 2 is 1.84 bits per heavy atom. The van der Waals surface area contributed by atoms with Gasteiger partial charge >= 0.3 is 6.03 Å². The number of hydrogen-bond donors (Lipinski definition) is 1. The molecule has 0 bridgehead atoms. The van der Waals surface area contributed by atoms with Crippen molar-refractivity contribution in [3.05, 3.63) is 53.2 Å². The van der Waals surface area contributed by atoms with Crippen molar-refractivity contribution in [2.45, 2.75) is 32.2 Å². The van der Waals surface area contributed by atoms with Gasteiger partial charge in [-0.2, -0.15) is 0 Å². The lowest BCUT2D eigenvalue weighted by Gasteiger charge is -2.42. The lowest BCUT2D eigenvalue weighted by Crippen LogP contribution is -2.53. The van der Waals surface area contributed by atoms with E-state index in [1.54, 1.807) is 14.2 Å². The first-order valence-corrected chi connectivity index (χ1v) is 13.2. The van der Waals surface area contributed by atoms with Gasteiger partial charge in [0.2, 0.25) is 0 Å². The molecule has 1 fully saturated rings. The molecule has 198 valence electrons. The van der Waals surface area contributed by atoms with E-state index >= 15 is 0 Å². The van der Waals surface area contributed by atoms with Crippen molar-refractivity contribution < 1.29 is 19.0 Å². The zero-order valence-electron chi connectivity index (χ0n) is 22.4. The van der Waals surface area contributed by atoms with Gasteiger partial charge in [-0.25, -0.2) is 4.79 Å². The third-order valence-electron chi connectivity index (χ3n) is 7.76. The zero-order chi connectivity index (χ0) is 25.9. The Bertz CT molecular complexity index is 1250. The second-order valence-electron chi connectivity index (χ2n) is 9.93. The summed E-state index contributed by atoms with van der Waals surface area (Å²) >= 11 is 0. The quantitative estimate of drug-likeness (QED) is 0.512. The fourth-order valence-electron chi connectivity index (χ4n) is 5.64. The smallest absolute Gasteiger partial charge is 0.320 e. The fraction of sp³-hybridized carbons (Fsp3) is 0.483. The van der Waals surface area contributed by atoms with Crippen molar-refractivity contribution in [2.75, 3.05) is 60.6 Å². The van der Waals surface area contributed by atoms with E-state index < -0.39 is 0 Å². The number of hydrogen-bond acceptors (Lipinski definition) is 5. The molecule has 0 saturated carbocycles. The monoisotopic (exact) mass is 506 g/mol. The molecule has 1 saturated heterocycles. The predicted molar refractivity (Wildman–Crippen MR) is 145 cm³/mol. The minimum Gasteiger partial charge on any atom is -0.497 e. The molecule has 0 aliphatic carbocycles. The number of aromatic amines is 1. The lowest BCUT2D eigenvalue weighted by atomic mass is 9.88. The molecule has 2 amide bonds. The van der Waals surface area contributed by atoms with Crippen LogP contribution in [0.5, 0.6) is 17.2 Å². The van der Waals surface area contributed by atoms with E-state index in [1.807, 2.05) is 17.9 Å². The number of benzene rings is 2. The third kappa shape index (κ3) is 5.07. The number of amides is 2. The van der Waals surface area contributed by atoms with Crippen LogP contribution in [0, 0.1) is 0 Å². The van der Waals surface area contributed by atoms with Gasteiger partial charge in [-0.15, -0.1) is 0 Å². The van der Waals surface area contributed by atoms with Crippen LogP contribution in [-0.4, -0.2) is 86.3 Å². The van der Waals surface area contributed by atoms with Crippen LogP contribution >= 0.6 is 0 Å².